The number of thiazole rings is 1. The Morgan fingerprint density at radius 2 is 2.26 bits per heavy atom. The van der Waals surface area contributed by atoms with E-state index in [1.807, 2.05) is 35.1 Å². The van der Waals surface area contributed by atoms with Crippen molar-refractivity contribution in [2.75, 3.05) is 5.73 Å². The summed E-state index contributed by atoms with van der Waals surface area (Å²) in [6, 6.07) is 9.97. The Morgan fingerprint density at radius 1 is 1.35 bits per heavy atom. The highest BCUT2D eigenvalue weighted by molar-refractivity contribution is 7.15. The van der Waals surface area contributed by atoms with Crippen LogP contribution in [0, 0.1) is 0 Å². The standard InChI is InChI=1S/C16H15N5OS/c17-16-20-13-9-18-14(22)8-12(15(13)23-16)10-3-1-4-11(7-10)21-6-2-5-19-21/h1-7,12H,8-9H2,(H2,17,20)(H,18,22)/t12-/m1/s1. The summed E-state index contributed by atoms with van der Waals surface area (Å²) >= 11 is 1.46. The molecule has 6 nitrogen and oxygen atoms in total. The molecule has 1 aromatic carbocycles. The lowest BCUT2D eigenvalue weighted by Crippen LogP contribution is -2.21. The Labute approximate surface area is 137 Å². The van der Waals surface area contributed by atoms with E-state index < -0.39 is 0 Å². The number of anilines is 1. The quantitative estimate of drug-likeness (QED) is 0.755. The number of rotatable bonds is 2. The molecule has 0 unspecified atom stereocenters. The molecule has 1 amide bonds. The van der Waals surface area contributed by atoms with Crippen LogP contribution >= 0.6 is 11.3 Å². The van der Waals surface area contributed by atoms with Crippen LogP contribution in [0.4, 0.5) is 5.13 Å². The van der Waals surface area contributed by atoms with Gasteiger partial charge in [0, 0.05) is 29.6 Å². The van der Waals surface area contributed by atoms with Crippen molar-refractivity contribution in [2.45, 2.75) is 18.9 Å². The van der Waals surface area contributed by atoms with Gasteiger partial charge in [-0.3, -0.25) is 4.79 Å². The number of hydrogen-bond donors (Lipinski definition) is 2. The van der Waals surface area contributed by atoms with Crippen LogP contribution in [0.15, 0.2) is 42.7 Å². The van der Waals surface area contributed by atoms with Gasteiger partial charge in [-0.05, 0) is 23.8 Å². The maximum absolute atomic E-state index is 12.0. The lowest BCUT2D eigenvalue weighted by atomic mass is 9.93. The second kappa shape index (κ2) is 5.51. The Bertz CT molecular complexity index is 855. The van der Waals surface area contributed by atoms with Crippen LogP contribution in [0.25, 0.3) is 5.69 Å². The Morgan fingerprint density at radius 3 is 3.09 bits per heavy atom. The molecule has 0 fully saturated rings. The molecular formula is C16H15N5OS. The average molecular weight is 325 g/mol. The van der Waals surface area contributed by atoms with Crippen LogP contribution in [-0.4, -0.2) is 20.7 Å². The Hall–Kier alpha value is -2.67. The molecule has 116 valence electrons. The number of nitrogens with one attached hydrogen (secondary N) is 1. The van der Waals surface area contributed by atoms with Crippen LogP contribution < -0.4 is 11.1 Å². The highest BCUT2D eigenvalue weighted by Crippen LogP contribution is 2.37. The molecule has 7 heteroatoms. The van der Waals surface area contributed by atoms with Gasteiger partial charge in [0.1, 0.15) is 0 Å². The Kier molecular flexibility index (Phi) is 3.34. The van der Waals surface area contributed by atoms with Crippen molar-refractivity contribution < 1.29 is 4.79 Å². The molecule has 23 heavy (non-hydrogen) atoms. The van der Waals surface area contributed by atoms with Crippen molar-refractivity contribution >= 4 is 22.4 Å². The number of carbonyl (C=O) groups is 1. The van der Waals surface area contributed by atoms with Crippen molar-refractivity contribution in [3.63, 3.8) is 0 Å². The molecule has 1 atom stereocenters. The fraction of sp³-hybridized carbons (Fsp3) is 0.188. The first kappa shape index (κ1) is 14.0. The smallest absolute Gasteiger partial charge is 0.221 e. The number of nitrogens with two attached hydrogens (primary N) is 1. The summed E-state index contributed by atoms with van der Waals surface area (Å²) < 4.78 is 1.81. The van der Waals surface area contributed by atoms with Crippen molar-refractivity contribution in [1.29, 1.82) is 0 Å². The van der Waals surface area contributed by atoms with E-state index in [2.05, 4.69) is 21.5 Å². The van der Waals surface area contributed by atoms with Gasteiger partial charge in [0.25, 0.3) is 0 Å². The average Bonchev–Trinajstić information content (AvgIpc) is 3.18. The number of benzene rings is 1. The lowest BCUT2D eigenvalue weighted by Gasteiger charge is -2.15. The predicted octanol–water partition coefficient (Wildman–Crippen LogP) is 2.06. The normalized spacial score (nSPS) is 17.4. The number of nitrogen functional groups attached to an aromatic ring is 1. The van der Waals surface area contributed by atoms with E-state index in [4.69, 9.17) is 5.73 Å². The van der Waals surface area contributed by atoms with E-state index in [0.717, 1.165) is 21.8 Å². The van der Waals surface area contributed by atoms with E-state index >= 15 is 0 Å². The molecule has 0 saturated heterocycles. The Balaban J connectivity index is 1.79. The minimum Gasteiger partial charge on any atom is -0.375 e. The van der Waals surface area contributed by atoms with Crippen molar-refractivity contribution in [1.82, 2.24) is 20.1 Å². The molecule has 3 aromatic rings. The fourth-order valence-corrected chi connectivity index (χ4v) is 3.87. The van der Waals surface area contributed by atoms with E-state index in [0.29, 0.717) is 18.1 Å². The number of fused-ring (bicyclic) bond motifs is 1. The molecule has 4 rings (SSSR count). The van der Waals surface area contributed by atoms with Crippen molar-refractivity contribution in [2.24, 2.45) is 0 Å². The molecule has 3 N–H and O–H groups in total. The maximum atomic E-state index is 12.0. The zero-order valence-corrected chi connectivity index (χ0v) is 13.1. The van der Waals surface area contributed by atoms with Gasteiger partial charge >= 0.3 is 0 Å². The first-order valence-electron chi connectivity index (χ1n) is 7.32. The molecular weight excluding hydrogens is 310 g/mol. The van der Waals surface area contributed by atoms with Crippen molar-refractivity contribution in [3.05, 3.63) is 58.9 Å². The molecule has 1 aliphatic heterocycles. The van der Waals surface area contributed by atoms with Crippen molar-refractivity contribution in [3.8, 4) is 5.69 Å². The number of nitrogens with zero attached hydrogens (tertiary/aromatic N) is 3. The zero-order valence-electron chi connectivity index (χ0n) is 12.3. The summed E-state index contributed by atoms with van der Waals surface area (Å²) in [7, 11) is 0. The van der Waals surface area contributed by atoms with Gasteiger partial charge in [-0.15, -0.1) is 11.3 Å². The number of carbonyl (C=O) groups excluding carboxylic acids is 1. The first-order chi connectivity index (χ1) is 11.2. The minimum atomic E-state index is -0.0298. The second-order valence-corrected chi connectivity index (χ2v) is 6.50. The summed E-state index contributed by atoms with van der Waals surface area (Å²) in [5.41, 5.74) is 8.78. The van der Waals surface area contributed by atoms with E-state index in [-0.39, 0.29) is 11.8 Å². The molecule has 2 aromatic heterocycles. The SMILES string of the molecule is Nc1nc2c(s1)[C@@H](c1cccc(-n3cccn3)c1)CC(=O)NC2. The topological polar surface area (TPSA) is 85.8 Å². The summed E-state index contributed by atoms with van der Waals surface area (Å²) in [5.74, 6) is 0.000996. The van der Waals surface area contributed by atoms with Crippen LogP contribution in [0.3, 0.4) is 0 Å². The highest BCUT2D eigenvalue weighted by atomic mass is 32.1. The van der Waals surface area contributed by atoms with Gasteiger partial charge < -0.3 is 11.1 Å². The highest BCUT2D eigenvalue weighted by Gasteiger charge is 2.27. The summed E-state index contributed by atoms with van der Waals surface area (Å²) in [4.78, 5) is 17.5. The van der Waals surface area contributed by atoms with Crippen LogP contribution in [0.2, 0.25) is 0 Å². The number of amides is 1. The maximum Gasteiger partial charge on any atom is 0.221 e. The molecule has 0 radical (unpaired) electrons. The molecule has 0 bridgehead atoms. The van der Waals surface area contributed by atoms with Gasteiger partial charge in [0.15, 0.2) is 5.13 Å². The zero-order chi connectivity index (χ0) is 15.8. The predicted molar refractivity (Wildman–Crippen MR) is 88.4 cm³/mol. The van der Waals surface area contributed by atoms with Crippen LogP contribution in [0.5, 0.6) is 0 Å². The van der Waals surface area contributed by atoms with Gasteiger partial charge in [0.05, 0.1) is 17.9 Å². The summed E-state index contributed by atoms with van der Waals surface area (Å²) in [6.45, 7) is 0.442. The second-order valence-electron chi connectivity index (χ2n) is 5.44. The van der Waals surface area contributed by atoms with E-state index in [1.54, 1.807) is 6.20 Å². The van der Waals surface area contributed by atoms with Crippen LogP contribution in [0.1, 0.15) is 28.5 Å². The third-order valence-corrected chi connectivity index (χ3v) is 4.99. The molecule has 0 spiro atoms. The molecule has 1 aliphatic rings. The monoisotopic (exact) mass is 325 g/mol. The van der Waals surface area contributed by atoms with Gasteiger partial charge in [0.2, 0.25) is 5.91 Å². The number of hydrogen-bond acceptors (Lipinski definition) is 5. The molecule has 0 aliphatic carbocycles. The molecule has 0 saturated carbocycles. The summed E-state index contributed by atoms with van der Waals surface area (Å²) in [6.07, 6.45) is 4.04. The van der Waals surface area contributed by atoms with Crippen LogP contribution in [-0.2, 0) is 11.3 Å². The third-order valence-electron chi connectivity index (χ3n) is 3.94. The largest absolute Gasteiger partial charge is 0.375 e. The fourth-order valence-electron chi connectivity index (χ4n) is 2.89. The van der Waals surface area contributed by atoms with Gasteiger partial charge in [-0.1, -0.05) is 12.1 Å². The van der Waals surface area contributed by atoms with E-state index in [9.17, 15) is 4.79 Å². The lowest BCUT2D eigenvalue weighted by molar-refractivity contribution is -0.121. The molecule has 3 heterocycles. The number of aromatic nitrogens is 3. The van der Waals surface area contributed by atoms with Gasteiger partial charge in [-0.25, -0.2) is 9.67 Å². The first-order valence-corrected chi connectivity index (χ1v) is 8.14. The van der Waals surface area contributed by atoms with Gasteiger partial charge in [-0.2, -0.15) is 5.10 Å². The third kappa shape index (κ3) is 2.59. The summed E-state index contributed by atoms with van der Waals surface area (Å²) in [5, 5.41) is 7.69. The minimum absolute atomic E-state index is 0.0298. The van der Waals surface area contributed by atoms with E-state index in [1.165, 1.54) is 11.3 Å².